The summed E-state index contributed by atoms with van der Waals surface area (Å²) in [5, 5.41) is 3.76. The topological polar surface area (TPSA) is 438 Å². The van der Waals surface area contributed by atoms with Crippen molar-refractivity contribution in [2.75, 3.05) is 0 Å². The van der Waals surface area contributed by atoms with Gasteiger partial charge in [-0.15, -0.1) is 0 Å². The van der Waals surface area contributed by atoms with Crippen molar-refractivity contribution in [3.63, 3.8) is 0 Å². The molecule has 0 unspecified atom stereocenters. The molecule has 0 aromatic carbocycles. The van der Waals surface area contributed by atoms with E-state index in [9.17, 15) is 52.7 Å². The number of hydrazine groups is 3. The van der Waals surface area contributed by atoms with Crippen LogP contribution in [0, 0.1) is 50.2 Å². The lowest BCUT2D eigenvalue weighted by Crippen LogP contribution is -2.70. The van der Waals surface area contributed by atoms with Crippen LogP contribution in [0.25, 0.3) is 0 Å². The molecule has 490 valence electrons. The number of carbonyl (C=O) groups is 12. The number of carbonyl (C=O) groups excluding carboxylic acids is 12. The van der Waals surface area contributed by atoms with Gasteiger partial charge in [0, 0.05) is 81.8 Å². The van der Waals surface area contributed by atoms with Gasteiger partial charge in [-0.25, -0.2) is 0 Å². The molecule has 2 heterocycles. The molecule has 2 aliphatic heterocycles. The van der Waals surface area contributed by atoms with Crippen molar-refractivity contribution in [1.29, 1.82) is 0 Å². The Labute approximate surface area is 521 Å². The molecule has 30 nitrogen and oxygen atoms in total. The zero-order valence-electron chi connectivity index (χ0n) is 51.1. The van der Waals surface area contributed by atoms with Crippen molar-refractivity contribution in [3.05, 3.63) is 11.6 Å². The minimum absolute atomic E-state index is 0.0425. The van der Waals surface area contributed by atoms with Crippen molar-refractivity contribution >= 4 is 105 Å². The molecule has 6 fully saturated rings. The average molecular weight is 1300 g/mol. The highest BCUT2D eigenvalue weighted by molar-refractivity contribution is 8.12. The molecular weight excluding hydrogens is 1220 g/mol. The molecule has 5 aliphatic carbocycles. The summed E-state index contributed by atoms with van der Waals surface area (Å²) in [4.78, 5) is 167. The van der Waals surface area contributed by atoms with Crippen LogP contribution in [0.4, 0.5) is 14.4 Å². The molecular formula is C55H81N9O21S3. The summed E-state index contributed by atoms with van der Waals surface area (Å²) in [7, 11) is 0. The van der Waals surface area contributed by atoms with Crippen molar-refractivity contribution in [1.82, 2.24) is 30.4 Å². The van der Waals surface area contributed by atoms with Gasteiger partial charge in [0.1, 0.15) is 0 Å². The van der Waals surface area contributed by atoms with Gasteiger partial charge in [0.2, 0.25) is 5.91 Å². The van der Waals surface area contributed by atoms with Gasteiger partial charge in [-0.05, 0) is 103 Å². The van der Waals surface area contributed by atoms with Crippen LogP contribution >= 0.6 is 35.8 Å². The first-order valence-corrected chi connectivity index (χ1v) is 31.2. The van der Waals surface area contributed by atoms with E-state index in [1.54, 1.807) is 0 Å². The number of nitrogens with one attached hydrogen (secondary N) is 6. The molecule has 0 aromatic heterocycles. The number of amides is 6. The largest absolute Gasteiger partial charge is 0.455 e. The number of rotatable bonds is 15. The molecule has 7 aliphatic rings. The Bertz CT molecular complexity index is 2850. The monoisotopic (exact) mass is 1300 g/mol. The van der Waals surface area contributed by atoms with E-state index < -0.39 is 164 Å². The summed E-state index contributed by atoms with van der Waals surface area (Å²) in [5.41, 5.74) is -2.87. The highest BCUT2D eigenvalue weighted by Gasteiger charge is 2.71. The summed E-state index contributed by atoms with van der Waals surface area (Å²) < 4.78 is 54.6. The molecule has 0 spiro atoms. The number of hydrogen-bond donors (Lipinski definition) is 9. The van der Waals surface area contributed by atoms with E-state index in [0.717, 1.165) is 53.0 Å². The summed E-state index contributed by atoms with van der Waals surface area (Å²) in [5.74, 6) is 6.64. The zero-order chi connectivity index (χ0) is 65.4. The van der Waals surface area contributed by atoms with Gasteiger partial charge in [-0.1, -0.05) is 54.0 Å². The lowest BCUT2D eigenvalue weighted by Gasteiger charge is -2.70. The number of ketones is 1. The van der Waals surface area contributed by atoms with E-state index in [0.29, 0.717) is 50.5 Å². The van der Waals surface area contributed by atoms with Crippen LogP contribution in [-0.4, -0.2) is 137 Å². The zero-order valence-corrected chi connectivity index (χ0v) is 53.5. The van der Waals surface area contributed by atoms with Gasteiger partial charge in [0.25, 0.3) is 11.8 Å². The molecule has 0 bridgehead atoms. The second kappa shape index (κ2) is 27.3. The fourth-order valence-corrected chi connectivity index (χ4v) is 16.5. The van der Waals surface area contributed by atoms with Gasteiger partial charge in [-0.2, -0.15) is 14.5 Å². The fourth-order valence-electron chi connectivity index (χ4n) is 15.8. The second-order valence-electron chi connectivity index (χ2n) is 25.5. The van der Waals surface area contributed by atoms with Gasteiger partial charge in [0.05, 0.1) is 6.10 Å². The average Bonchev–Trinajstić information content (AvgIpc) is 0.682. The van der Waals surface area contributed by atoms with E-state index >= 15 is 4.79 Å². The van der Waals surface area contributed by atoms with E-state index in [1.807, 2.05) is 41.8 Å². The molecule has 0 radical (unpaired) electrons. The molecule has 7 rings (SSSR count). The fraction of sp³-hybridized carbons (Fsp3) is 0.745. The third-order valence-corrected chi connectivity index (χ3v) is 21.0. The van der Waals surface area contributed by atoms with Gasteiger partial charge in [0.15, 0.2) is 67.2 Å². The number of imide groups is 3. The van der Waals surface area contributed by atoms with Crippen LogP contribution in [-0.2, 0) is 85.8 Å². The standard InChI is InChI=1S/C55H81N9O21S3/c1-23(65)77-33-35(79-25(3)67)39(81-27(5)69)45(84-38(33)43(72)60-48(75)87-63-57)85-40-36(80-26(4)68)34(78-24(2)66)37(42(71)59-47(74)86-62-56)83-44(40)82-32-14-15-53(10)31(50(32,6)7)13-16-55(12)41(53)30(70)21-28-29-22-52(9,46(73)61-49(76)88-64-58)18-17-51(29,8)19-20-54(28,55)11/h21,29,31-41,44-45,62-64H,13-20,22,56-58H2,1-12H3,(H,59,71,74)(H,60,72,75)(H,61,73,76)/t29-,31-,32-,33-,34-,35-,36-,37-,38-,39+,40+,41+,44-,45+,51+,52-,53-,54+,55+/m0/s1. The first-order chi connectivity index (χ1) is 41.0. The Balaban J connectivity index is 1.31. The molecule has 88 heavy (non-hydrogen) atoms. The predicted molar refractivity (Wildman–Crippen MR) is 310 cm³/mol. The minimum atomic E-state index is -2.21. The third kappa shape index (κ3) is 14.0. The number of hydrogen-bond acceptors (Lipinski definition) is 30. The molecule has 2 saturated heterocycles. The van der Waals surface area contributed by atoms with Crippen molar-refractivity contribution in [2.24, 2.45) is 67.8 Å². The molecule has 4 saturated carbocycles. The smallest absolute Gasteiger partial charge is 0.303 e. The number of allylic oxidation sites excluding steroid dienone is 2. The van der Waals surface area contributed by atoms with Gasteiger partial charge in [-0.3, -0.25) is 91.0 Å². The Morgan fingerprint density at radius 2 is 0.977 bits per heavy atom. The van der Waals surface area contributed by atoms with Crippen LogP contribution in [0.15, 0.2) is 11.6 Å². The first kappa shape index (κ1) is 70.3. The maximum Gasteiger partial charge on any atom is 0.303 e. The number of nitrogens with two attached hydrogens (primary N) is 3. The van der Waals surface area contributed by atoms with E-state index in [4.69, 9.17) is 60.2 Å². The van der Waals surface area contributed by atoms with Crippen molar-refractivity contribution in [3.8, 4) is 0 Å². The number of ether oxygens (including phenoxy) is 9. The highest BCUT2D eigenvalue weighted by Crippen LogP contribution is 2.75. The normalized spacial score (nSPS) is 38.0. The Morgan fingerprint density at radius 3 is 1.47 bits per heavy atom. The number of esters is 5. The van der Waals surface area contributed by atoms with Gasteiger partial charge < -0.3 is 42.6 Å². The minimum Gasteiger partial charge on any atom is -0.455 e. The number of fused-ring (bicyclic) bond motifs is 7. The molecule has 33 heteroatoms. The Kier molecular flexibility index (Phi) is 21.8. The van der Waals surface area contributed by atoms with Crippen LogP contribution < -0.4 is 48.0 Å². The molecule has 6 amide bonds. The second-order valence-corrected chi connectivity index (χ2v) is 27.9. The van der Waals surface area contributed by atoms with Gasteiger partial charge >= 0.3 is 45.6 Å². The maximum atomic E-state index is 15.5. The first-order valence-electron chi connectivity index (χ1n) is 28.7. The summed E-state index contributed by atoms with van der Waals surface area (Å²) >= 11 is 1.05. The third-order valence-electron chi connectivity index (χ3n) is 19.8. The van der Waals surface area contributed by atoms with E-state index in [1.165, 1.54) is 0 Å². The summed E-state index contributed by atoms with van der Waals surface area (Å²) in [6, 6.07) is 0. The van der Waals surface area contributed by atoms with Crippen LogP contribution in [0.5, 0.6) is 0 Å². The van der Waals surface area contributed by atoms with Crippen LogP contribution in [0.2, 0.25) is 0 Å². The summed E-state index contributed by atoms with van der Waals surface area (Å²) in [6.07, 6.45) is -14.5. The Morgan fingerprint density at radius 1 is 0.534 bits per heavy atom. The maximum absolute atomic E-state index is 15.5. The molecule has 12 N–H and O–H groups in total. The van der Waals surface area contributed by atoms with Crippen LogP contribution in [0.3, 0.4) is 0 Å². The quantitative estimate of drug-likeness (QED) is 0.0284. The van der Waals surface area contributed by atoms with E-state index in [-0.39, 0.29) is 53.4 Å². The molecule has 19 atom stereocenters. The van der Waals surface area contributed by atoms with Crippen molar-refractivity contribution in [2.45, 2.75) is 208 Å². The summed E-state index contributed by atoms with van der Waals surface area (Å²) in [6.45, 7) is 19.3. The highest BCUT2D eigenvalue weighted by atomic mass is 32.2. The lowest BCUT2D eigenvalue weighted by atomic mass is 9.33. The van der Waals surface area contributed by atoms with Crippen molar-refractivity contribution < 1.29 is 100 Å². The SMILES string of the molecule is CC(=O)O[C@@H]1[C@@H](OC(C)=O)[C@@H](O[C@H]2[C@@H](O[C@H]3CC[C@]4(C)[C@H]5C(=O)C=C6[C@@H]7C[C@@](C)(C(=O)NC(=O)SNN)CC[C@]7(C)CC[C@@]6(C)[C@]5(C)CC[C@H]4C3(C)C)O[C@H](C(=O)NC(=O)SNN)[C@@H](OC(C)=O)[C@@H]2OC(C)=O)O[C@H](C(=O)NC(=O)SNN)[C@H]1OC(C)=O. The lowest BCUT2D eigenvalue weighted by molar-refractivity contribution is -0.370. The Hall–Kier alpha value is -5.17. The predicted octanol–water partition coefficient (Wildman–Crippen LogP) is 2.89. The molecule has 0 aromatic rings. The van der Waals surface area contributed by atoms with Crippen LogP contribution in [0.1, 0.15) is 141 Å². The van der Waals surface area contributed by atoms with E-state index in [2.05, 4.69) is 43.2 Å².